The Morgan fingerprint density at radius 2 is 2.07 bits per heavy atom. The molecule has 1 heterocycles. The first-order valence-corrected chi connectivity index (χ1v) is 10.1. The SMILES string of the molecule is CCNC(=NCC(c1ccccc1)N(C)C)NCCCOCC1CCOC1.I. The molecule has 1 aliphatic rings. The Kier molecular flexibility index (Phi) is 13.5. The summed E-state index contributed by atoms with van der Waals surface area (Å²) in [6, 6.07) is 10.8. The lowest BCUT2D eigenvalue weighted by molar-refractivity contribution is 0.0888. The number of aliphatic imine (C=N–C) groups is 1. The van der Waals surface area contributed by atoms with E-state index in [4.69, 9.17) is 14.5 Å². The summed E-state index contributed by atoms with van der Waals surface area (Å²) in [5.74, 6) is 1.45. The van der Waals surface area contributed by atoms with E-state index in [-0.39, 0.29) is 30.0 Å². The second-order valence-corrected chi connectivity index (χ2v) is 7.19. The maximum atomic E-state index is 5.76. The fourth-order valence-corrected chi connectivity index (χ4v) is 3.11. The van der Waals surface area contributed by atoms with E-state index in [1.165, 1.54) is 5.56 Å². The Morgan fingerprint density at radius 3 is 2.71 bits per heavy atom. The van der Waals surface area contributed by atoms with Gasteiger partial charge in [-0.3, -0.25) is 4.99 Å². The summed E-state index contributed by atoms with van der Waals surface area (Å²) in [5.41, 5.74) is 1.28. The highest BCUT2D eigenvalue weighted by Crippen LogP contribution is 2.18. The molecule has 0 amide bonds. The van der Waals surface area contributed by atoms with Crippen molar-refractivity contribution in [2.45, 2.75) is 25.8 Å². The highest BCUT2D eigenvalue weighted by molar-refractivity contribution is 14.0. The number of nitrogens with zero attached hydrogens (tertiary/aromatic N) is 2. The number of rotatable bonds is 11. The quantitative estimate of drug-likeness (QED) is 0.210. The molecule has 1 aliphatic heterocycles. The van der Waals surface area contributed by atoms with Gasteiger partial charge in [-0.15, -0.1) is 24.0 Å². The maximum Gasteiger partial charge on any atom is 0.191 e. The van der Waals surface area contributed by atoms with Crippen LogP contribution >= 0.6 is 24.0 Å². The van der Waals surface area contributed by atoms with Gasteiger partial charge in [-0.25, -0.2) is 0 Å². The van der Waals surface area contributed by atoms with Crippen LogP contribution < -0.4 is 10.6 Å². The Balaban J connectivity index is 0.00000392. The lowest BCUT2D eigenvalue weighted by atomic mass is 10.1. The number of hydrogen-bond donors (Lipinski definition) is 2. The first-order chi connectivity index (χ1) is 13.2. The van der Waals surface area contributed by atoms with Crippen LogP contribution in [0.25, 0.3) is 0 Å². The average molecular weight is 504 g/mol. The molecule has 2 unspecified atom stereocenters. The third-order valence-electron chi connectivity index (χ3n) is 4.71. The zero-order chi connectivity index (χ0) is 19.3. The van der Waals surface area contributed by atoms with Crippen LogP contribution in [-0.2, 0) is 9.47 Å². The minimum absolute atomic E-state index is 0. The molecule has 7 heteroatoms. The molecule has 1 saturated heterocycles. The van der Waals surface area contributed by atoms with E-state index in [1.54, 1.807) is 0 Å². The number of benzene rings is 1. The number of nitrogens with one attached hydrogen (secondary N) is 2. The van der Waals surface area contributed by atoms with Crippen LogP contribution in [0.5, 0.6) is 0 Å². The van der Waals surface area contributed by atoms with Gasteiger partial charge in [0.15, 0.2) is 5.96 Å². The van der Waals surface area contributed by atoms with Crippen molar-refractivity contribution in [2.75, 3.05) is 60.2 Å². The van der Waals surface area contributed by atoms with Gasteiger partial charge in [0.05, 0.1) is 25.8 Å². The Labute approximate surface area is 187 Å². The topological polar surface area (TPSA) is 58.1 Å². The molecule has 160 valence electrons. The molecule has 0 spiro atoms. The van der Waals surface area contributed by atoms with Crippen LogP contribution in [0.3, 0.4) is 0 Å². The summed E-state index contributed by atoms with van der Waals surface area (Å²) >= 11 is 0. The van der Waals surface area contributed by atoms with E-state index in [9.17, 15) is 0 Å². The van der Waals surface area contributed by atoms with Crippen molar-refractivity contribution < 1.29 is 9.47 Å². The highest BCUT2D eigenvalue weighted by atomic mass is 127. The second-order valence-electron chi connectivity index (χ2n) is 7.19. The van der Waals surface area contributed by atoms with Crippen LogP contribution in [0.1, 0.15) is 31.4 Å². The summed E-state index contributed by atoms with van der Waals surface area (Å²) in [5, 5.41) is 6.74. The Hall–Kier alpha value is -0.900. The van der Waals surface area contributed by atoms with E-state index < -0.39 is 0 Å². The van der Waals surface area contributed by atoms with Gasteiger partial charge in [0, 0.05) is 32.2 Å². The summed E-state index contributed by atoms with van der Waals surface area (Å²) in [7, 11) is 4.19. The summed E-state index contributed by atoms with van der Waals surface area (Å²) in [6.45, 7) is 7.82. The predicted octanol–water partition coefficient (Wildman–Crippen LogP) is 2.91. The molecule has 0 saturated carbocycles. The number of ether oxygens (including phenoxy) is 2. The van der Waals surface area contributed by atoms with E-state index in [0.29, 0.717) is 12.5 Å². The summed E-state index contributed by atoms with van der Waals surface area (Å²) < 4.78 is 11.1. The monoisotopic (exact) mass is 504 g/mol. The van der Waals surface area contributed by atoms with Crippen LogP contribution in [-0.4, -0.2) is 71.0 Å². The molecule has 2 rings (SSSR count). The number of guanidine groups is 1. The largest absolute Gasteiger partial charge is 0.381 e. The third-order valence-corrected chi connectivity index (χ3v) is 4.71. The van der Waals surface area contributed by atoms with Gasteiger partial charge in [-0.1, -0.05) is 30.3 Å². The van der Waals surface area contributed by atoms with Crippen molar-refractivity contribution in [3.63, 3.8) is 0 Å². The molecular weight excluding hydrogens is 467 g/mol. The Morgan fingerprint density at radius 1 is 1.29 bits per heavy atom. The van der Waals surface area contributed by atoms with Crippen molar-refractivity contribution in [1.82, 2.24) is 15.5 Å². The van der Waals surface area contributed by atoms with E-state index >= 15 is 0 Å². The van der Waals surface area contributed by atoms with Gasteiger partial charge < -0.3 is 25.0 Å². The van der Waals surface area contributed by atoms with Crippen molar-refractivity contribution >= 4 is 29.9 Å². The lowest BCUT2D eigenvalue weighted by Gasteiger charge is -2.23. The number of hydrogen-bond acceptors (Lipinski definition) is 4. The molecule has 2 N–H and O–H groups in total. The normalized spacial score (nSPS) is 18.0. The first kappa shape index (κ1) is 25.1. The fraction of sp³-hybridized carbons (Fsp3) is 0.667. The zero-order valence-corrected chi connectivity index (χ0v) is 19.9. The highest BCUT2D eigenvalue weighted by Gasteiger charge is 2.15. The van der Waals surface area contributed by atoms with Gasteiger partial charge in [0.25, 0.3) is 0 Å². The first-order valence-electron chi connectivity index (χ1n) is 10.1. The number of likely N-dealkylation sites (N-methyl/N-ethyl adjacent to an activating group) is 1. The molecule has 1 aromatic rings. The van der Waals surface area contributed by atoms with Crippen molar-refractivity contribution in [1.29, 1.82) is 0 Å². The van der Waals surface area contributed by atoms with Crippen LogP contribution in [0.15, 0.2) is 35.3 Å². The average Bonchev–Trinajstić information content (AvgIpc) is 3.18. The fourth-order valence-electron chi connectivity index (χ4n) is 3.11. The van der Waals surface area contributed by atoms with Gasteiger partial charge in [0.1, 0.15) is 0 Å². The third kappa shape index (κ3) is 9.54. The summed E-state index contributed by atoms with van der Waals surface area (Å²) in [4.78, 5) is 7.00. The van der Waals surface area contributed by atoms with Gasteiger partial charge in [-0.05, 0) is 39.4 Å². The molecular formula is C21H37IN4O2. The molecule has 1 fully saturated rings. The predicted molar refractivity (Wildman–Crippen MR) is 127 cm³/mol. The van der Waals surface area contributed by atoms with Crippen LogP contribution in [0.2, 0.25) is 0 Å². The molecule has 0 aromatic heterocycles. The van der Waals surface area contributed by atoms with Crippen molar-refractivity contribution in [3.8, 4) is 0 Å². The minimum atomic E-state index is 0. The molecule has 2 atom stereocenters. The van der Waals surface area contributed by atoms with E-state index in [2.05, 4.69) is 60.8 Å². The van der Waals surface area contributed by atoms with Crippen molar-refractivity contribution in [2.24, 2.45) is 10.9 Å². The zero-order valence-electron chi connectivity index (χ0n) is 17.5. The van der Waals surface area contributed by atoms with Gasteiger partial charge in [0.2, 0.25) is 0 Å². The van der Waals surface area contributed by atoms with E-state index in [1.807, 2.05) is 6.07 Å². The molecule has 0 aliphatic carbocycles. The van der Waals surface area contributed by atoms with Crippen molar-refractivity contribution in [3.05, 3.63) is 35.9 Å². The standard InChI is InChI=1S/C21H36N4O2.HI/c1-4-22-21(23-12-8-13-26-16-18-11-14-27-17-18)24-15-20(25(2)3)19-9-6-5-7-10-19;/h5-7,9-10,18,20H,4,8,11-17H2,1-3H3,(H2,22,23,24);1H. The molecule has 0 bridgehead atoms. The lowest BCUT2D eigenvalue weighted by Crippen LogP contribution is -2.38. The van der Waals surface area contributed by atoms with E-state index in [0.717, 1.165) is 58.3 Å². The smallest absolute Gasteiger partial charge is 0.191 e. The molecule has 0 radical (unpaired) electrons. The Bertz CT molecular complexity index is 536. The minimum Gasteiger partial charge on any atom is -0.381 e. The van der Waals surface area contributed by atoms with Crippen LogP contribution in [0, 0.1) is 5.92 Å². The maximum absolute atomic E-state index is 5.76. The second kappa shape index (κ2) is 15.0. The molecule has 1 aromatic carbocycles. The molecule has 6 nitrogen and oxygen atoms in total. The number of halogens is 1. The van der Waals surface area contributed by atoms with Gasteiger partial charge >= 0.3 is 0 Å². The summed E-state index contributed by atoms with van der Waals surface area (Å²) in [6.07, 6.45) is 2.09. The van der Waals surface area contributed by atoms with Gasteiger partial charge in [-0.2, -0.15) is 0 Å². The molecule has 28 heavy (non-hydrogen) atoms. The van der Waals surface area contributed by atoms with Crippen LogP contribution in [0.4, 0.5) is 0 Å².